The monoisotopic (exact) mass is 370 g/mol. The summed E-state index contributed by atoms with van der Waals surface area (Å²) < 4.78 is 41.8. The van der Waals surface area contributed by atoms with Crippen molar-refractivity contribution in [2.45, 2.75) is 6.36 Å². The van der Waals surface area contributed by atoms with Crippen LogP contribution >= 0.6 is 12.4 Å². The number of anilines is 1. The minimum absolute atomic E-state index is 0. The maximum atomic E-state index is 12.2. The Bertz CT molecular complexity index is 817. The van der Waals surface area contributed by atoms with E-state index < -0.39 is 6.36 Å². The number of hydrogen-bond acceptors (Lipinski definition) is 4. The zero-order chi connectivity index (χ0) is 17.2. The number of rotatable bonds is 4. The Hall–Kier alpha value is -2.74. The predicted octanol–water partition coefficient (Wildman–Crippen LogP) is 4.30. The van der Waals surface area contributed by atoms with Crippen molar-refractivity contribution in [1.82, 2.24) is 14.8 Å². The van der Waals surface area contributed by atoms with Crippen LogP contribution in [0, 0.1) is 0 Å². The van der Waals surface area contributed by atoms with Crippen molar-refractivity contribution >= 4 is 18.1 Å². The topological polar surface area (TPSA) is 52.0 Å². The Morgan fingerprint density at radius 2 is 1.64 bits per heavy atom. The van der Waals surface area contributed by atoms with Crippen LogP contribution < -0.4 is 10.1 Å². The number of halogens is 4. The summed E-state index contributed by atoms with van der Waals surface area (Å²) in [5.41, 5.74) is 2.39. The van der Waals surface area contributed by atoms with Gasteiger partial charge in [-0.25, -0.2) is 9.67 Å². The maximum Gasteiger partial charge on any atom is 0.573 e. The van der Waals surface area contributed by atoms with E-state index in [-0.39, 0.29) is 18.2 Å². The number of hydrogen-bond donors (Lipinski definition) is 1. The summed E-state index contributed by atoms with van der Waals surface area (Å²) in [4.78, 5) is 4.22. The van der Waals surface area contributed by atoms with Gasteiger partial charge in [-0.3, -0.25) is 0 Å². The molecule has 3 rings (SSSR count). The zero-order valence-corrected chi connectivity index (χ0v) is 13.8. The second-order valence-corrected chi connectivity index (χ2v) is 4.88. The maximum absolute atomic E-state index is 12.2. The molecule has 0 aliphatic rings. The van der Waals surface area contributed by atoms with Crippen molar-refractivity contribution in [2.24, 2.45) is 0 Å². The molecule has 0 amide bonds. The molecule has 5 nitrogen and oxygen atoms in total. The summed E-state index contributed by atoms with van der Waals surface area (Å²) in [6, 6.07) is 13.0. The van der Waals surface area contributed by atoms with Gasteiger partial charge in [0.1, 0.15) is 12.1 Å². The van der Waals surface area contributed by atoms with Crippen LogP contribution in [0.2, 0.25) is 0 Å². The molecule has 0 aliphatic carbocycles. The molecule has 0 radical (unpaired) electrons. The van der Waals surface area contributed by atoms with Crippen molar-refractivity contribution in [2.75, 3.05) is 12.4 Å². The van der Waals surface area contributed by atoms with Gasteiger partial charge in [0.05, 0.1) is 5.69 Å². The van der Waals surface area contributed by atoms with Gasteiger partial charge in [-0.1, -0.05) is 0 Å². The van der Waals surface area contributed by atoms with Gasteiger partial charge >= 0.3 is 6.36 Å². The molecule has 0 bridgehead atoms. The van der Waals surface area contributed by atoms with E-state index in [0.29, 0.717) is 11.5 Å². The van der Waals surface area contributed by atoms with Crippen LogP contribution in [-0.4, -0.2) is 28.2 Å². The van der Waals surface area contributed by atoms with E-state index in [1.54, 1.807) is 0 Å². The standard InChI is InChI=1S/C16H13F3N4O.ClH/c1-20-12-4-2-11(3-5-12)15-21-10-23(22-15)13-6-8-14(9-7-13)24-16(17,18)19;/h2-10,20H,1H3;1H. The molecule has 2 aromatic carbocycles. The van der Waals surface area contributed by atoms with Crippen LogP contribution in [0.15, 0.2) is 54.9 Å². The lowest BCUT2D eigenvalue weighted by Gasteiger charge is -2.09. The minimum Gasteiger partial charge on any atom is -0.406 e. The van der Waals surface area contributed by atoms with Crippen LogP contribution in [0.3, 0.4) is 0 Å². The van der Waals surface area contributed by atoms with Crippen molar-refractivity contribution in [3.8, 4) is 22.8 Å². The second kappa shape index (κ2) is 7.43. The molecule has 25 heavy (non-hydrogen) atoms. The van der Waals surface area contributed by atoms with Crippen molar-refractivity contribution in [3.05, 3.63) is 54.9 Å². The van der Waals surface area contributed by atoms with Crippen molar-refractivity contribution in [1.29, 1.82) is 0 Å². The molecule has 0 atom stereocenters. The molecule has 0 saturated heterocycles. The molecule has 9 heteroatoms. The number of alkyl halides is 3. The minimum atomic E-state index is -4.71. The lowest BCUT2D eigenvalue weighted by Crippen LogP contribution is -2.17. The molecule has 1 N–H and O–H groups in total. The van der Waals surface area contributed by atoms with Crippen molar-refractivity contribution < 1.29 is 17.9 Å². The summed E-state index contributed by atoms with van der Waals surface area (Å²) in [7, 11) is 1.83. The number of aromatic nitrogens is 3. The number of benzene rings is 2. The molecule has 0 spiro atoms. The number of ether oxygens (including phenoxy) is 1. The second-order valence-electron chi connectivity index (χ2n) is 4.88. The average Bonchev–Trinajstić information content (AvgIpc) is 3.04. The van der Waals surface area contributed by atoms with Gasteiger partial charge in [0.25, 0.3) is 0 Å². The molecule has 0 fully saturated rings. The highest BCUT2D eigenvalue weighted by molar-refractivity contribution is 5.85. The fourth-order valence-electron chi connectivity index (χ4n) is 2.11. The highest BCUT2D eigenvalue weighted by Gasteiger charge is 2.30. The van der Waals surface area contributed by atoms with Gasteiger partial charge in [-0.15, -0.1) is 30.7 Å². The van der Waals surface area contributed by atoms with Gasteiger partial charge < -0.3 is 10.1 Å². The first-order valence-electron chi connectivity index (χ1n) is 7.01. The van der Waals surface area contributed by atoms with Crippen LogP contribution in [0.5, 0.6) is 5.75 Å². The Morgan fingerprint density at radius 1 is 1.00 bits per heavy atom. The van der Waals surface area contributed by atoms with Crippen LogP contribution in [0.25, 0.3) is 17.1 Å². The number of nitrogens with zero attached hydrogens (tertiary/aromatic N) is 3. The molecule has 3 aromatic rings. The molecule has 132 valence electrons. The predicted molar refractivity (Wildman–Crippen MR) is 90.3 cm³/mol. The summed E-state index contributed by atoms with van der Waals surface area (Å²) >= 11 is 0. The number of nitrogens with one attached hydrogen (secondary N) is 1. The van der Waals surface area contributed by atoms with Crippen molar-refractivity contribution in [3.63, 3.8) is 0 Å². The fraction of sp³-hybridized carbons (Fsp3) is 0.125. The van der Waals surface area contributed by atoms with E-state index in [2.05, 4.69) is 20.1 Å². The SMILES string of the molecule is CNc1ccc(-c2ncn(-c3ccc(OC(F)(F)F)cc3)n2)cc1.Cl. The average molecular weight is 371 g/mol. The highest BCUT2D eigenvalue weighted by Crippen LogP contribution is 2.24. The molecule has 1 aromatic heterocycles. The third kappa shape index (κ3) is 4.63. The van der Waals surface area contributed by atoms with Gasteiger partial charge in [-0.05, 0) is 48.5 Å². The van der Waals surface area contributed by atoms with Gasteiger partial charge in [0.15, 0.2) is 5.82 Å². The van der Waals surface area contributed by atoms with E-state index in [0.717, 1.165) is 11.3 Å². The third-order valence-electron chi connectivity index (χ3n) is 3.26. The fourth-order valence-corrected chi connectivity index (χ4v) is 2.11. The summed E-state index contributed by atoms with van der Waals surface area (Å²) in [5, 5.41) is 7.35. The van der Waals surface area contributed by atoms with Gasteiger partial charge in [0.2, 0.25) is 0 Å². The summed E-state index contributed by atoms with van der Waals surface area (Å²) in [6.45, 7) is 0. The molecular formula is C16H14ClF3N4O. The third-order valence-corrected chi connectivity index (χ3v) is 3.26. The Kier molecular flexibility index (Phi) is 5.53. The van der Waals surface area contributed by atoms with E-state index >= 15 is 0 Å². The Labute approximate surface area is 147 Å². The first kappa shape index (κ1) is 18.6. The largest absolute Gasteiger partial charge is 0.573 e. The van der Waals surface area contributed by atoms with E-state index in [9.17, 15) is 13.2 Å². The van der Waals surface area contributed by atoms with Crippen LogP contribution in [0.4, 0.5) is 18.9 Å². The van der Waals surface area contributed by atoms with Gasteiger partial charge in [0, 0.05) is 18.3 Å². The highest BCUT2D eigenvalue weighted by atomic mass is 35.5. The molecule has 0 saturated carbocycles. The van der Waals surface area contributed by atoms with E-state index in [4.69, 9.17) is 0 Å². The summed E-state index contributed by atoms with van der Waals surface area (Å²) in [6.07, 6.45) is -3.21. The molecule has 0 unspecified atom stereocenters. The normalized spacial score (nSPS) is 10.9. The molecule has 1 heterocycles. The van der Waals surface area contributed by atoms with Crippen LogP contribution in [0.1, 0.15) is 0 Å². The van der Waals surface area contributed by atoms with Crippen LogP contribution in [-0.2, 0) is 0 Å². The first-order valence-corrected chi connectivity index (χ1v) is 7.01. The molecular weight excluding hydrogens is 357 g/mol. The van der Waals surface area contributed by atoms with E-state index in [1.807, 2.05) is 31.3 Å². The Morgan fingerprint density at radius 3 is 2.20 bits per heavy atom. The van der Waals surface area contributed by atoms with Gasteiger partial charge in [-0.2, -0.15) is 0 Å². The Balaban J connectivity index is 0.00000225. The van der Waals surface area contributed by atoms with E-state index in [1.165, 1.54) is 35.3 Å². The zero-order valence-electron chi connectivity index (χ0n) is 13.0. The lowest BCUT2D eigenvalue weighted by atomic mass is 10.2. The first-order chi connectivity index (χ1) is 11.4. The smallest absolute Gasteiger partial charge is 0.406 e. The lowest BCUT2D eigenvalue weighted by molar-refractivity contribution is -0.274. The quantitative estimate of drug-likeness (QED) is 0.744. The molecule has 0 aliphatic heterocycles. The summed E-state index contributed by atoms with van der Waals surface area (Å²) in [5.74, 6) is 0.238.